The Balaban J connectivity index is 1.82. The average Bonchev–Trinajstić information content (AvgIpc) is 2.37. The molecule has 5 nitrogen and oxygen atoms in total. The Kier molecular flexibility index (Phi) is 4.79. The van der Waals surface area contributed by atoms with Crippen LogP contribution in [0.2, 0.25) is 0 Å². The van der Waals surface area contributed by atoms with Gasteiger partial charge in [0.15, 0.2) is 0 Å². The SMILES string of the molecule is CC(C)(C)N1CCN(C2CCN(S(C)(=O)=O)CC2)CC1. The van der Waals surface area contributed by atoms with E-state index in [0.29, 0.717) is 19.1 Å². The van der Waals surface area contributed by atoms with Gasteiger partial charge in [-0.1, -0.05) is 0 Å². The normalized spacial score (nSPS) is 26.0. The smallest absolute Gasteiger partial charge is 0.211 e. The van der Waals surface area contributed by atoms with Crippen molar-refractivity contribution in [3.8, 4) is 0 Å². The molecule has 2 aliphatic heterocycles. The lowest BCUT2D eigenvalue weighted by molar-refractivity contribution is 0.0303. The zero-order valence-electron chi connectivity index (χ0n) is 13.3. The van der Waals surface area contributed by atoms with E-state index in [1.54, 1.807) is 4.31 Å². The van der Waals surface area contributed by atoms with Gasteiger partial charge >= 0.3 is 0 Å². The fraction of sp³-hybridized carbons (Fsp3) is 1.00. The van der Waals surface area contributed by atoms with Crippen LogP contribution in [0.1, 0.15) is 33.6 Å². The summed E-state index contributed by atoms with van der Waals surface area (Å²) in [6, 6.07) is 0.565. The second-order valence-electron chi connectivity index (χ2n) is 7.09. The Labute approximate surface area is 124 Å². The maximum absolute atomic E-state index is 11.5. The van der Waals surface area contributed by atoms with Crippen molar-refractivity contribution in [3.05, 3.63) is 0 Å². The van der Waals surface area contributed by atoms with Crippen molar-refractivity contribution < 1.29 is 8.42 Å². The molecule has 0 aliphatic carbocycles. The van der Waals surface area contributed by atoms with Gasteiger partial charge in [-0.05, 0) is 33.6 Å². The first-order valence-corrected chi connectivity index (χ1v) is 9.47. The summed E-state index contributed by atoms with van der Waals surface area (Å²) in [6.07, 6.45) is 3.26. The fourth-order valence-corrected chi connectivity index (χ4v) is 4.17. The van der Waals surface area contributed by atoms with Crippen LogP contribution >= 0.6 is 0 Å². The van der Waals surface area contributed by atoms with Crippen molar-refractivity contribution in [2.45, 2.75) is 45.2 Å². The van der Waals surface area contributed by atoms with Gasteiger partial charge in [0.05, 0.1) is 6.26 Å². The largest absolute Gasteiger partial charge is 0.298 e. The third-order valence-corrected chi connectivity index (χ3v) is 5.97. The average molecular weight is 303 g/mol. The molecule has 2 heterocycles. The highest BCUT2D eigenvalue weighted by Crippen LogP contribution is 2.22. The summed E-state index contributed by atoms with van der Waals surface area (Å²) in [5, 5.41) is 0. The van der Waals surface area contributed by atoms with Crippen molar-refractivity contribution in [1.82, 2.24) is 14.1 Å². The maximum atomic E-state index is 11.5. The molecule has 2 aliphatic rings. The summed E-state index contributed by atoms with van der Waals surface area (Å²) >= 11 is 0. The van der Waals surface area contributed by atoms with Crippen LogP contribution < -0.4 is 0 Å². The molecule has 0 aromatic carbocycles. The minimum absolute atomic E-state index is 0.256. The minimum Gasteiger partial charge on any atom is -0.298 e. The molecule has 0 radical (unpaired) electrons. The molecule has 0 spiro atoms. The Morgan fingerprint density at radius 2 is 1.40 bits per heavy atom. The van der Waals surface area contributed by atoms with Crippen LogP contribution in [0, 0.1) is 0 Å². The monoisotopic (exact) mass is 303 g/mol. The number of hydrogen-bond donors (Lipinski definition) is 0. The summed E-state index contributed by atoms with van der Waals surface area (Å²) < 4.78 is 24.7. The minimum atomic E-state index is -3.00. The van der Waals surface area contributed by atoms with E-state index in [-0.39, 0.29) is 5.54 Å². The Morgan fingerprint density at radius 1 is 0.900 bits per heavy atom. The molecular weight excluding hydrogens is 274 g/mol. The zero-order valence-corrected chi connectivity index (χ0v) is 14.1. The van der Waals surface area contributed by atoms with Crippen LogP contribution in [0.15, 0.2) is 0 Å². The molecule has 2 rings (SSSR count). The van der Waals surface area contributed by atoms with Crippen LogP contribution in [0.4, 0.5) is 0 Å². The first kappa shape index (κ1) is 16.2. The highest BCUT2D eigenvalue weighted by atomic mass is 32.2. The topological polar surface area (TPSA) is 43.9 Å². The molecule has 20 heavy (non-hydrogen) atoms. The highest BCUT2D eigenvalue weighted by Gasteiger charge is 2.32. The van der Waals surface area contributed by atoms with E-state index in [0.717, 1.165) is 39.0 Å². The number of piperazine rings is 1. The summed E-state index contributed by atoms with van der Waals surface area (Å²) in [5.41, 5.74) is 0.256. The van der Waals surface area contributed by atoms with E-state index in [2.05, 4.69) is 30.6 Å². The van der Waals surface area contributed by atoms with Crippen LogP contribution in [-0.2, 0) is 10.0 Å². The van der Waals surface area contributed by atoms with E-state index >= 15 is 0 Å². The highest BCUT2D eigenvalue weighted by molar-refractivity contribution is 7.88. The van der Waals surface area contributed by atoms with Gasteiger partial charge in [-0.15, -0.1) is 0 Å². The van der Waals surface area contributed by atoms with Gasteiger partial charge < -0.3 is 0 Å². The summed E-state index contributed by atoms with van der Waals surface area (Å²) in [7, 11) is -3.00. The molecular formula is C14H29N3O2S. The molecule has 2 fully saturated rings. The molecule has 0 saturated carbocycles. The Hall–Kier alpha value is -0.170. The van der Waals surface area contributed by atoms with Gasteiger partial charge in [0, 0.05) is 50.8 Å². The van der Waals surface area contributed by atoms with Crippen LogP contribution in [-0.4, -0.2) is 79.6 Å². The predicted molar refractivity (Wildman–Crippen MR) is 82.3 cm³/mol. The van der Waals surface area contributed by atoms with E-state index in [4.69, 9.17) is 0 Å². The Morgan fingerprint density at radius 3 is 1.80 bits per heavy atom. The molecule has 6 heteroatoms. The van der Waals surface area contributed by atoms with E-state index in [1.807, 2.05) is 0 Å². The van der Waals surface area contributed by atoms with Crippen LogP contribution in [0.5, 0.6) is 0 Å². The lowest BCUT2D eigenvalue weighted by Gasteiger charge is -2.46. The number of sulfonamides is 1. The van der Waals surface area contributed by atoms with Crippen molar-refractivity contribution in [2.75, 3.05) is 45.5 Å². The van der Waals surface area contributed by atoms with E-state index in [1.165, 1.54) is 6.26 Å². The third-order valence-electron chi connectivity index (χ3n) is 4.67. The van der Waals surface area contributed by atoms with Crippen molar-refractivity contribution in [1.29, 1.82) is 0 Å². The summed E-state index contributed by atoms with van der Waals surface area (Å²) in [5.74, 6) is 0. The molecule has 0 N–H and O–H groups in total. The molecule has 118 valence electrons. The number of nitrogens with zero attached hydrogens (tertiary/aromatic N) is 3. The molecule has 0 amide bonds. The zero-order chi connectivity index (χ0) is 15.0. The fourth-order valence-electron chi connectivity index (χ4n) is 3.30. The van der Waals surface area contributed by atoms with Crippen molar-refractivity contribution >= 4 is 10.0 Å². The second-order valence-corrected chi connectivity index (χ2v) is 9.07. The van der Waals surface area contributed by atoms with Crippen LogP contribution in [0.25, 0.3) is 0 Å². The van der Waals surface area contributed by atoms with Gasteiger partial charge in [-0.3, -0.25) is 9.80 Å². The number of hydrogen-bond acceptors (Lipinski definition) is 4. The van der Waals surface area contributed by atoms with Gasteiger partial charge in [-0.2, -0.15) is 0 Å². The first-order chi connectivity index (χ1) is 9.18. The Bertz CT molecular complexity index is 414. The van der Waals surface area contributed by atoms with Crippen LogP contribution in [0.3, 0.4) is 0 Å². The van der Waals surface area contributed by atoms with Gasteiger partial charge in [0.2, 0.25) is 10.0 Å². The van der Waals surface area contributed by atoms with E-state index in [9.17, 15) is 8.42 Å². The molecule has 0 aromatic heterocycles. The molecule has 0 bridgehead atoms. The van der Waals surface area contributed by atoms with Gasteiger partial charge in [-0.25, -0.2) is 12.7 Å². The van der Waals surface area contributed by atoms with Gasteiger partial charge in [0.1, 0.15) is 0 Å². The first-order valence-electron chi connectivity index (χ1n) is 7.62. The standard InChI is InChI=1S/C14H29N3O2S/c1-14(2,3)16-11-9-15(10-12-16)13-5-7-17(8-6-13)20(4,18)19/h13H,5-12H2,1-4H3. The van der Waals surface area contributed by atoms with Gasteiger partial charge in [0.25, 0.3) is 0 Å². The van der Waals surface area contributed by atoms with Crippen molar-refractivity contribution in [3.63, 3.8) is 0 Å². The lowest BCUT2D eigenvalue weighted by Crippen LogP contribution is -2.57. The maximum Gasteiger partial charge on any atom is 0.211 e. The molecule has 0 aromatic rings. The lowest BCUT2D eigenvalue weighted by atomic mass is 10.0. The predicted octanol–water partition coefficient (Wildman–Crippen LogP) is 0.827. The second kappa shape index (κ2) is 5.91. The van der Waals surface area contributed by atoms with E-state index < -0.39 is 10.0 Å². The number of rotatable bonds is 2. The van der Waals surface area contributed by atoms with Crippen molar-refractivity contribution in [2.24, 2.45) is 0 Å². The quantitative estimate of drug-likeness (QED) is 0.758. The molecule has 0 unspecified atom stereocenters. The molecule has 0 atom stereocenters. The molecule has 2 saturated heterocycles. The third kappa shape index (κ3) is 3.93. The summed E-state index contributed by atoms with van der Waals surface area (Å²) in [4.78, 5) is 5.09. The summed E-state index contributed by atoms with van der Waals surface area (Å²) in [6.45, 7) is 12.6. The number of piperidine rings is 1.